The number of phenols is 2. The summed E-state index contributed by atoms with van der Waals surface area (Å²) in [5.41, 5.74) is 17.8. The Hall–Kier alpha value is -6.79. The lowest BCUT2D eigenvalue weighted by atomic mass is 9.89. The van der Waals surface area contributed by atoms with Crippen molar-refractivity contribution in [1.82, 2.24) is 0 Å². The van der Waals surface area contributed by atoms with Gasteiger partial charge < -0.3 is 41.6 Å². The molecule has 0 aliphatic heterocycles. The summed E-state index contributed by atoms with van der Waals surface area (Å²) in [7, 11) is 2.88. The molecule has 0 aromatic heterocycles. The van der Waals surface area contributed by atoms with Crippen molar-refractivity contribution in [2.75, 3.05) is 14.2 Å². The average molecular weight is 739 g/mol. The minimum Gasteiger partial charge on any atom is -0.508 e. The van der Waals surface area contributed by atoms with E-state index in [0.29, 0.717) is 49.7 Å². The molecule has 6 aromatic carbocycles. The highest BCUT2D eigenvalue weighted by Gasteiger charge is 2.21. The van der Waals surface area contributed by atoms with Crippen molar-refractivity contribution in [3.05, 3.63) is 143 Å². The van der Waals surface area contributed by atoms with E-state index < -0.39 is 11.6 Å². The molecule has 53 heavy (non-hydrogen) atoms. The van der Waals surface area contributed by atoms with Crippen molar-refractivity contribution in [2.45, 2.75) is 0 Å². The molecule has 8 N–H and O–H groups in total. The molecule has 0 aliphatic carbocycles. The fourth-order valence-electron chi connectivity index (χ4n) is 5.76. The van der Waals surface area contributed by atoms with Crippen LogP contribution in [0.4, 0.5) is 8.78 Å². The molecule has 0 saturated carbocycles. The zero-order chi connectivity index (χ0) is 38.2. The number of aromatic hydroxyl groups is 2. The highest BCUT2D eigenvalue weighted by molar-refractivity contribution is 6.32. The van der Waals surface area contributed by atoms with Gasteiger partial charge in [-0.15, -0.1) is 0 Å². The number of rotatable bonds is 8. The van der Waals surface area contributed by atoms with Crippen LogP contribution in [-0.4, -0.2) is 46.5 Å². The number of methoxy groups -OCH3 is 2. The van der Waals surface area contributed by atoms with Gasteiger partial charge in [0.1, 0.15) is 34.6 Å². The number of hydrogen-bond donors (Lipinski definition) is 6. The number of halogens is 3. The highest BCUT2D eigenvalue weighted by Crippen LogP contribution is 2.43. The van der Waals surface area contributed by atoms with Gasteiger partial charge in [-0.2, -0.15) is 0 Å². The lowest BCUT2D eigenvalue weighted by Crippen LogP contribution is -2.15. The average Bonchev–Trinajstić information content (AvgIpc) is 3.17. The molecule has 0 spiro atoms. The van der Waals surface area contributed by atoms with Crippen molar-refractivity contribution in [2.24, 2.45) is 21.8 Å². The van der Waals surface area contributed by atoms with Crippen molar-refractivity contribution < 1.29 is 38.9 Å². The summed E-state index contributed by atoms with van der Waals surface area (Å²) in [6, 6.07) is 30.0. The van der Waals surface area contributed by atoms with Crippen LogP contribution < -0.4 is 20.9 Å². The van der Waals surface area contributed by atoms with Crippen molar-refractivity contribution in [3.63, 3.8) is 0 Å². The second kappa shape index (κ2) is 16.5. The third-order valence-electron chi connectivity index (χ3n) is 8.16. The van der Waals surface area contributed by atoms with Gasteiger partial charge in [-0.3, -0.25) is 0 Å². The van der Waals surface area contributed by atoms with E-state index in [1.807, 2.05) is 6.07 Å². The van der Waals surface area contributed by atoms with E-state index in [4.69, 9.17) is 37.7 Å². The van der Waals surface area contributed by atoms with Crippen molar-refractivity contribution in [1.29, 1.82) is 0 Å². The van der Waals surface area contributed by atoms with E-state index in [9.17, 15) is 24.2 Å². The Morgan fingerprint density at radius 2 is 1.02 bits per heavy atom. The third-order valence-corrected chi connectivity index (χ3v) is 8.38. The number of nitrogens with two attached hydrogens (primary N) is 2. The Morgan fingerprint density at radius 3 is 1.49 bits per heavy atom. The predicted molar refractivity (Wildman–Crippen MR) is 201 cm³/mol. The lowest BCUT2D eigenvalue weighted by molar-refractivity contribution is 0.318. The van der Waals surface area contributed by atoms with E-state index in [-0.39, 0.29) is 28.9 Å². The minimum atomic E-state index is -0.457. The summed E-state index contributed by atoms with van der Waals surface area (Å²) < 4.78 is 38.0. The van der Waals surface area contributed by atoms with Crippen LogP contribution in [0.25, 0.3) is 44.5 Å². The summed E-state index contributed by atoms with van der Waals surface area (Å²) in [5.74, 6) is -0.266. The van der Waals surface area contributed by atoms with Crippen LogP contribution >= 0.6 is 11.6 Å². The second-order valence-electron chi connectivity index (χ2n) is 11.4. The molecule has 6 aromatic rings. The van der Waals surface area contributed by atoms with Gasteiger partial charge in [0.25, 0.3) is 0 Å². The lowest BCUT2D eigenvalue weighted by Gasteiger charge is -2.18. The topological polar surface area (TPSA) is 176 Å². The first-order valence-electron chi connectivity index (χ1n) is 15.7. The van der Waals surface area contributed by atoms with Crippen LogP contribution in [0.15, 0.2) is 126 Å². The maximum Gasteiger partial charge on any atom is 0.170 e. The van der Waals surface area contributed by atoms with Crippen molar-refractivity contribution in [3.8, 4) is 67.5 Å². The standard InChI is InChI=1S/C20H16ClFN2O3.C20H17FN2O3/c1-27-18-10-13(22)4-7-15(18)19-16(11-2-5-14(25)6-3-11)8-12(21)9-17(19)20(23)24-26;1-26-18-11-13(21)7-10-16(18)19-15(12-5-8-14(24)9-6-12)3-2-4-17(19)20(22)23-25/h2-10,25-26H,1H3,(H2,23,24);2-11,24-25H,1H3,(H2,22,23). The molecule has 0 bridgehead atoms. The molecular weight excluding hydrogens is 706 g/mol. The summed E-state index contributed by atoms with van der Waals surface area (Å²) in [6.07, 6.45) is 0. The second-order valence-corrected chi connectivity index (χ2v) is 11.8. The largest absolute Gasteiger partial charge is 0.508 e. The molecule has 0 radical (unpaired) electrons. The predicted octanol–water partition coefficient (Wildman–Crippen LogP) is 8.59. The number of ether oxygens (including phenoxy) is 2. The number of nitrogens with zero attached hydrogens (tertiary/aromatic N) is 2. The molecule has 0 aliphatic rings. The number of benzene rings is 6. The first kappa shape index (κ1) is 37.5. The molecular formula is C40H33ClF2N4O6. The van der Waals surface area contributed by atoms with Gasteiger partial charge in [-0.25, -0.2) is 8.78 Å². The molecule has 270 valence electrons. The fourth-order valence-corrected chi connectivity index (χ4v) is 5.97. The maximum atomic E-state index is 13.7. The Kier molecular flexibility index (Phi) is 11.7. The van der Waals surface area contributed by atoms with Gasteiger partial charge >= 0.3 is 0 Å². The zero-order valence-electron chi connectivity index (χ0n) is 28.3. The van der Waals surface area contributed by atoms with Crippen LogP contribution in [0.2, 0.25) is 5.02 Å². The van der Waals surface area contributed by atoms with E-state index >= 15 is 0 Å². The Labute approximate surface area is 308 Å². The van der Waals surface area contributed by atoms with Gasteiger partial charge in [0.05, 0.1) is 14.2 Å². The summed E-state index contributed by atoms with van der Waals surface area (Å²) in [4.78, 5) is 0. The van der Waals surface area contributed by atoms with Gasteiger partial charge in [0, 0.05) is 50.5 Å². The maximum absolute atomic E-state index is 13.7. The molecule has 13 heteroatoms. The minimum absolute atomic E-state index is 0.0768. The van der Waals surface area contributed by atoms with Gasteiger partial charge in [0.15, 0.2) is 11.7 Å². The van der Waals surface area contributed by atoms with Crippen molar-refractivity contribution >= 4 is 23.3 Å². The fraction of sp³-hybridized carbons (Fsp3) is 0.0500. The van der Waals surface area contributed by atoms with E-state index in [2.05, 4.69) is 10.3 Å². The van der Waals surface area contributed by atoms with Gasteiger partial charge in [-0.1, -0.05) is 64.4 Å². The number of oxime groups is 2. The van der Waals surface area contributed by atoms with Crippen LogP contribution in [-0.2, 0) is 0 Å². The third kappa shape index (κ3) is 8.24. The summed E-state index contributed by atoms with van der Waals surface area (Å²) in [5, 5.41) is 44.1. The van der Waals surface area contributed by atoms with Crippen LogP contribution in [0.5, 0.6) is 23.0 Å². The van der Waals surface area contributed by atoms with Gasteiger partial charge in [0.2, 0.25) is 0 Å². The Balaban J connectivity index is 0.000000204. The Bertz CT molecular complexity index is 2320. The number of phenolic OH excluding ortho intramolecular Hbond substituents is 2. The smallest absolute Gasteiger partial charge is 0.170 e. The van der Waals surface area contributed by atoms with E-state index in [1.54, 1.807) is 72.8 Å². The van der Waals surface area contributed by atoms with Crippen LogP contribution in [0.3, 0.4) is 0 Å². The molecule has 6 rings (SSSR count). The summed E-state index contributed by atoms with van der Waals surface area (Å²) in [6.45, 7) is 0. The zero-order valence-corrected chi connectivity index (χ0v) is 29.0. The molecule has 0 unspecified atom stereocenters. The molecule has 0 fully saturated rings. The first-order chi connectivity index (χ1) is 25.5. The SMILES string of the molecule is COc1cc(F)ccc1-c1c(C(N)=NO)cc(Cl)cc1-c1ccc(O)cc1.COc1cc(F)ccc1-c1c(C(N)=NO)cccc1-c1ccc(O)cc1. The molecule has 0 heterocycles. The first-order valence-corrected chi connectivity index (χ1v) is 16.1. The highest BCUT2D eigenvalue weighted by atomic mass is 35.5. The molecule has 0 atom stereocenters. The quantitative estimate of drug-likeness (QED) is 0.0389. The van der Waals surface area contributed by atoms with Crippen LogP contribution in [0.1, 0.15) is 11.1 Å². The van der Waals surface area contributed by atoms with E-state index in [1.165, 1.54) is 50.6 Å². The normalized spacial score (nSPS) is 11.4. The van der Waals surface area contributed by atoms with Crippen LogP contribution in [0, 0.1) is 11.6 Å². The summed E-state index contributed by atoms with van der Waals surface area (Å²) >= 11 is 6.26. The van der Waals surface area contributed by atoms with Gasteiger partial charge in [-0.05, 0) is 82.9 Å². The number of hydrogen-bond acceptors (Lipinski definition) is 8. The molecule has 0 saturated heterocycles. The Morgan fingerprint density at radius 1 is 0.566 bits per heavy atom. The monoisotopic (exact) mass is 738 g/mol. The molecule has 0 amide bonds. The van der Waals surface area contributed by atoms with E-state index in [0.717, 1.165) is 16.7 Å². The number of amidine groups is 2. The molecule has 10 nitrogen and oxygen atoms in total.